The third-order valence-corrected chi connectivity index (χ3v) is 3.70. The van der Waals surface area contributed by atoms with E-state index in [1.807, 2.05) is 0 Å². The van der Waals surface area contributed by atoms with Gasteiger partial charge in [0, 0.05) is 0 Å². The number of allylic oxidation sites excluding steroid dienone is 2. The molecule has 1 aliphatic heterocycles. The Morgan fingerprint density at radius 1 is 1.62 bits per heavy atom. The molecule has 0 amide bonds. The van der Waals surface area contributed by atoms with Gasteiger partial charge in [-0.1, -0.05) is 6.08 Å². The van der Waals surface area contributed by atoms with Gasteiger partial charge in [0.15, 0.2) is 5.78 Å². The lowest BCUT2D eigenvalue weighted by Gasteiger charge is -2.09. The van der Waals surface area contributed by atoms with Gasteiger partial charge in [0.05, 0.1) is 18.6 Å². The molecule has 70 valence electrons. The zero-order valence-corrected chi connectivity index (χ0v) is 7.71. The molecule has 0 bridgehead atoms. The fraction of sp³-hybridized carbons (Fsp3) is 0.727. The molecule has 1 saturated carbocycles. The molecule has 3 aliphatic rings. The lowest BCUT2D eigenvalue weighted by atomic mass is 9.94. The quantitative estimate of drug-likeness (QED) is 0.643. The Kier molecular flexibility index (Phi) is 1.46. The van der Waals surface area contributed by atoms with Gasteiger partial charge in [-0.25, -0.2) is 0 Å². The van der Waals surface area contributed by atoms with Crippen molar-refractivity contribution in [2.75, 3.05) is 13.2 Å². The van der Waals surface area contributed by atoms with Crippen LogP contribution in [-0.2, 0) is 9.53 Å². The molecule has 3 rings (SSSR count). The van der Waals surface area contributed by atoms with Crippen molar-refractivity contribution in [3.05, 3.63) is 11.6 Å². The lowest BCUT2D eigenvalue weighted by molar-refractivity contribution is -0.121. The standard InChI is InChI=1S/C11H14O2/c12-10(8-3-1-2-4-8)11-5-9(11)6-13-7-11/h3,9H,1-2,4-7H2. The van der Waals surface area contributed by atoms with E-state index in [1.54, 1.807) is 0 Å². The average molecular weight is 178 g/mol. The van der Waals surface area contributed by atoms with E-state index < -0.39 is 0 Å². The van der Waals surface area contributed by atoms with Crippen LogP contribution in [0.3, 0.4) is 0 Å². The smallest absolute Gasteiger partial charge is 0.167 e. The zero-order chi connectivity index (χ0) is 8.89. The number of rotatable bonds is 2. The fourth-order valence-corrected chi connectivity index (χ4v) is 2.70. The molecule has 2 nitrogen and oxygen atoms in total. The van der Waals surface area contributed by atoms with Gasteiger partial charge in [0.1, 0.15) is 0 Å². The maximum absolute atomic E-state index is 12.1. The van der Waals surface area contributed by atoms with Gasteiger partial charge >= 0.3 is 0 Å². The summed E-state index contributed by atoms with van der Waals surface area (Å²) in [6.45, 7) is 1.51. The highest BCUT2D eigenvalue weighted by Crippen LogP contribution is 2.59. The van der Waals surface area contributed by atoms with Crippen molar-refractivity contribution in [2.24, 2.45) is 11.3 Å². The number of carbonyl (C=O) groups is 1. The van der Waals surface area contributed by atoms with E-state index in [4.69, 9.17) is 4.74 Å². The first-order valence-corrected chi connectivity index (χ1v) is 5.14. The second-order valence-electron chi connectivity index (χ2n) is 4.52. The number of ketones is 1. The maximum atomic E-state index is 12.1. The summed E-state index contributed by atoms with van der Waals surface area (Å²) in [5, 5.41) is 0. The van der Waals surface area contributed by atoms with E-state index >= 15 is 0 Å². The maximum Gasteiger partial charge on any atom is 0.167 e. The van der Waals surface area contributed by atoms with Crippen LogP contribution in [0.25, 0.3) is 0 Å². The van der Waals surface area contributed by atoms with E-state index in [2.05, 4.69) is 6.08 Å². The van der Waals surface area contributed by atoms with Crippen molar-refractivity contribution < 1.29 is 9.53 Å². The van der Waals surface area contributed by atoms with Gasteiger partial charge in [-0.2, -0.15) is 0 Å². The Hall–Kier alpha value is -0.630. The van der Waals surface area contributed by atoms with E-state index in [1.165, 1.54) is 6.42 Å². The molecule has 2 heteroatoms. The summed E-state index contributed by atoms with van der Waals surface area (Å²) in [6, 6.07) is 0. The van der Waals surface area contributed by atoms with Crippen LogP contribution < -0.4 is 0 Å². The predicted molar refractivity (Wildman–Crippen MR) is 48.3 cm³/mol. The Bertz CT molecular complexity index is 292. The largest absolute Gasteiger partial charge is 0.380 e. The number of ether oxygens (including phenoxy) is 1. The molecule has 0 aromatic heterocycles. The summed E-state index contributed by atoms with van der Waals surface area (Å²) in [5.41, 5.74) is 1.05. The van der Waals surface area contributed by atoms with Crippen LogP contribution in [0.15, 0.2) is 11.6 Å². The number of Topliss-reactive ketones (excluding diaryl/α,β-unsaturated/α-hetero) is 1. The van der Waals surface area contributed by atoms with E-state index in [0.29, 0.717) is 18.3 Å². The molecule has 0 N–H and O–H groups in total. The highest BCUT2D eigenvalue weighted by molar-refractivity contribution is 6.02. The summed E-state index contributed by atoms with van der Waals surface area (Å²) in [4.78, 5) is 12.1. The molecule has 2 atom stereocenters. The molecular weight excluding hydrogens is 164 g/mol. The lowest BCUT2D eigenvalue weighted by Crippen LogP contribution is -2.20. The molecule has 1 heterocycles. The normalized spacial score (nSPS) is 41.5. The Labute approximate surface area is 78.0 Å². The number of fused-ring (bicyclic) bond motifs is 1. The SMILES string of the molecule is O=C(C1=CCCC1)C12COCC1C2. The monoisotopic (exact) mass is 178 g/mol. The van der Waals surface area contributed by atoms with Gasteiger partial charge in [0.2, 0.25) is 0 Å². The number of hydrogen-bond acceptors (Lipinski definition) is 2. The first kappa shape index (κ1) is 7.74. The molecule has 0 spiro atoms. The van der Waals surface area contributed by atoms with Gasteiger partial charge < -0.3 is 4.74 Å². The molecule has 13 heavy (non-hydrogen) atoms. The van der Waals surface area contributed by atoms with Gasteiger partial charge in [0.25, 0.3) is 0 Å². The predicted octanol–water partition coefficient (Wildman–Crippen LogP) is 1.70. The van der Waals surface area contributed by atoms with Crippen molar-refractivity contribution in [2.45, 2.75) is 25.7 Å². The van der Waals surface area contributed by atoms with Gasteiger partial charge in [-0.15, -0.1) is 0 Å². The Morgan fingerprint density at radius 3 is 3.08 bits per heavy atom. The first-order valence-electron chi connectivity index (χ1n) is 5.14. The minimum atomic E-state index is -0.0455. The first-order chi connectivity index (χ1) is 6.33. The van der Waals surface area contributed by atoms with Crippen LogP contribution in [0.2, 0.25) is 0 Å². The zero-order valence-electron chi connectivity index (χ0n) is 7.71. The Morgan fingerprint density at radius 2 is 2.54 bits per heavy atom. The number of carbonyl (C=O) groups excluding carboxylic acids is 1. The third-order valence-electron chi connectivity index (χ3n) is 3.70. The average Bonchev–Trinajstić information content (AvgIpc) is 2.63. The third kappa shape index (κ3) is 0.953. The summed E-state index contributed by atoms with van der Waals surface area (Å²) in [5.74, 6) is 0.967. The Balaban J connectivity index is 1.82. The molecule has 0 aromatic rings. The second-order valence-corrected chi connectivity index (χ2v) is 4.52. The van der Waals surface area contributed by atoms with Crippen molar-refractivity contribution in [1.82, 2.24) is 0 Å². The minimum absolute atomic E-state index is 0.0455. The highest BCUT2D eigenvalue weighted by Gasteiger charge is 2.63. The summed E-state index contributed by atoms with van der Waals surface area (Å²) >= 11 is 0. The van der Waals surface area contributed by atoms with Crippen molar-refractivity contribution in [3.8, 4) is 0 Å². The fourth-order valence-electron chi connectivity index (χ4n) is 2.70. The van der Waals surface area contributed by atoms with E-state index in [9.17, 15) is 4.79 Å². The summed E-state index contributed by atoms with van der Waals surface area (Å²) in [7, 11) is 0. The van der Waals surface area contributed by atoms with Crippen LogP contribution in [0.1, 0.15) is 25.7 Å². The van der Waals surface area contributed by atoms with Crippen LogP contribution >= 0.6 is 0 Å². The molecule has 0 aromatic carbocycles. The summed E-state index contributed by atoms with van der Waals surface area (Å²) in [6.07, 6.45) is 6.49. The molecule has 2 aliphatic carbocycles. The van der Waals surface area contributed by atoms with Crippen molar-refractivity contribution in [3.63, 3.8) is 0 Å². The van der Waals surface area contributed by atoms with E-state index in [0.717, 1.165) is 31.4 Å². The van der Waals surface area contributed by atoms with Crippen molar-refractivity contribution >= 4 is 5.78 Å². The van der Waals surface area contributed by atoms with Crippen molar-refractivity contribution in [1.29, 1.82) is 0 Å². The summed E-state index contributed by atoms with van der Waals surface area (Å²) < 4.78 is 5.34. The van der Waals surface area contributed by atoms with Crippen LogP contribution in [0.4, 0.5) is 0 Å². The molecule has 2 unspecified atom stereocenters. The molecule has 1 saturated heterocycles. The molecular formula is C11H14O2. The topological polar surface area (TPSA) is 26.3 Å². The molecule has 2 fully saturated rings. The van der Waals surface area contributed by atoms with Gasteiger partial charge in [-0.05, 0) is 37.2 Å². The van der Waals surface area contributed by atoms with E-state index in [-0.39, 0.29) is 5.41 Å². The van der Waals surface area contributed by atoms with Gasteiger partial charge in [-0.3, -0.25) is 4.79 Å². The van der Waals surface area contributed by atoms with Crippen LogP contribution in [0, 0.1) is 11.3 Å². The molecule has 0 radical (unpaired) electrons. The highest BCUT2D eigenvalue weighted by atomic mass is 16.5. The van der Waals surface area contributed by atoms with Crippen LogP contribution in [-0.4, -0.2) is 19.0 Å². The number of hydrogen-bond donors (Lipinski definition) is 0. The van der Waals surface area contributed by atoms with Crippen LogP contribution in [0.5, 0.6) is 0 Å². The minimum Gasteiger partial charge on any atom is -0.380 e. The second kappa shape index (κ2) is 2.44.